The Labute approximate surface area is 120 Å². The quantitative estimate of drug-likeness (QED) is 0.517. The Kier molecular flexibility index (Phi) is 4.19. The van der Waals surface area contributed by atoms with Crippen LogP contribution in [0.3, 0.4) is 0 Å². The van der Waals surface area contributed by atoms with E-state index in [1.165, 1.54) is 23.3 Å². The van der Waals surface area contributed by atoms with Gasteiger partial charge in [-0.15, -0.1) is 11.3 Å². The molecule has 0 fully saturated rings. The lowest BCUT2D eigenvalue weighted by atomic mass is 9.97. The molecule has 0 radical (unpaired) electrons. The van der Waals surface area contributed by atoms with Crippen LogP contribution in [0.2, 0.25) is 4.34 Å². The number of hydrazone groups is 1. The van der Waals surface area contributed by atoms with Crippen LogP contribution in [-0.4, -0.2) is 30.8 Å². The summed E-state index contributed by atoms with van der Waals surface area (Å²) in [6, 6.07) is 3.87. The Morgan fingerprint density at radius 2 is 2.39 bits per heavy atom. The van der Waals surface area contributed by atoms with Crippen molar-refractivity contribution in [2.45, 2.75) is 18.1 Å². The third kappa shape index (κ3) is 3.40. The zero-order valence-electron chi connectivity index (χ0n) is 10.5. The summed E-state index contributed by atoms with van der Waals surface area (Å²) in [5.74, 6) is 0.756. The van der Waals surface area contributed by atoms with E-state index in [0.717, 1.165) is 21.0 Å². The average molecular weight is 303 g/mol. The van der Waals surface area contributed by atoms with Gasteiger partial charge in [-0.1, -0.05) is 25.4 Å². The molecule has 0 bridgehead atoms. The second kappa shape index (κ2) is 5.50. The average Bonchev–Trinajstić information content (AvgIpc) is 2.86. The third-order valence-corrected chi connectivity index (χ3v) is 4.50. The summed E-state index contributed by atoms with van der Waals surface area (Å²) in [6.07, 6.45) is 1.95. The molecule has 0 aliphatic carbocycles. The highest BCUT2D eigenvalue weighted by molar-refractivity contribution is 7.99. The van der Waals surface area contributed by atoms with E-state index in [-0.39, 0.29) is 5.41 Å². The fourth-order valence-electron chi connectivity index (χ4n) is 1.49. The molecule has 0 saturated carbocycles. The van der Waals surface area contributed by atoms with Crippen molar-refractivity contribution in [1.82, 2.24) is 9.73 Å². The van der Waals surface area contributed by atoms with Gasteiger partial charge >= 0.3 is 0 Å². The van der Waals surface area contributed by atoms with Gasteiger partial charge in [-0.05, 0) is 24.1 Å². The largest absolute Gasteiger partial charge is 0.294 e. The van der Waals surface area contributed by atoms with E-state index in [4.69, 9.17) is 11.6 Å². The van der Waals surface area contributed by atoms with Crippen molar-refractivity contribution in [3.8, 4) is 0 Å². The fraction of sp³-hybridized carbons (Fsp3) is 0.455. The molecule has 4 nitrogen and oxygen atoms in total. The van der Waals surface area contributed by atoms with Crippen LogP contribution in [-0.2, 0) is 0 Å². The van der Waals surface area contributed by atoms with Gasteiger partial charge in [0.2, 0.25) is 5.96 Å². The molecule has 1 N–H and O–H groups in total. The van der Waals surface area contributed by atoms with Crippen molar-refractivity contribution >= 4 is 47.1 Å². The summed E-state index contributed by atoms with van der Waals surface area (Å²) in [6.45, 7) is 5.13. The minimum atomic E-state index is 0.0918. The Hall–Kier alpha value is -0.720. The van der Waals surface area contributed by atoms with Gasteiger partial charge in [-0.2, -0.15) is 5.10 Å². The number of hydrogen-bond acceptors (Lipinski definition) is 4. The topological polar surface area (TPSA) is 40.0 Å². The maximum absolute atomic E-state index is 5.89. The van der Waals surface area contributed by atoms with E-state index in [9.17, 15) is 0 Å². The fourth-order valence-corrected chi connectivity index (χ4v) is 3.49. The summed E-state index contributed by atoms with van der Waals surface area (Å²) in [4.78, 5) is 4.23. The number of thiophene rings is 1. The second-order valence-corrected chi connectivity index (χ2v) is 7.42. The molecule has 1 aliphatic rings. The van der Waals surface area contributed by atoms with Crippen molar-refractivity contribution in [3.05, 3.63) is 16.5 Å². The lowest BCUT2D eigenvalue weighted by Gasteiger charge is -2.20. The van der Waals surface area contributed by atoms with E-state index in [2.05, 4.69) is 28.7 Å². The smallest absolute Gasteiger partial charge is 0.225 e. The van der Waals surface area contributed by atoms with E-state index in [0.29, 0.717) is 0 Å². The summed E-state index contributed by atoms with van der Waals surface area (Å²) >= 11 is 8.92. The van der Waals surface area contributed by atoms with Crippen molar-refractivity contribution in [1.29, 1.82) is 0 Å². The van der Waals surface area contributed by atoms with Crippen LogP contribution in [0.15, 0.2) is 26.4 Å². The van der Waals surface area contributed by atoms with Crippen LogP contribution in [0.5, 0.6) is 0 Å². The van der Waals surface area contributed by atoms with Crippen molar-refractivity contribution < 1.29 is 0 Å². The van der Waals surface area contributed by atoms with Crippen molar-refractivity contribution in [2.24, 2.45) is 15.5 Å². The first kappa shape index (κ1) is 13.7. The highest BCUT2D eigenvalue weighted by atomic mass is 35.5. The van der Waals surface area contributed by atoms with Gasteiger partial charge in [0.05, 0.1) is 15.1 Å². The van der Waals surface area contributed by atoms with Crippen molar-refractivity contribution in [2.75, 3.05) is 13.6 Å². The molecule has 0 amide bonds. The zero-order valence-corrected chi connectivity index (χ0v) is 12.9. The maximum atomic E-state index is 5.89. The predicted octanol–water partition coefficient (Wildman–Crippen LogP) is 3.31. The Morgan fingerprint density at radius 1 is 1.61 bits per heavy atom. The number of rotatable bonds is 2. The number of guanidine groups is 1. The number of hydrogen-bond donors (Lipinski definition) is 1. The monoisotopic (exact) mass is 302 g/mol. The molecular formula is C11H15ClN4S2. The predicted molar refractivity (Wildman–Crippen MR) is 80.7 cm³/mol. The molecule has 0 saturated heterocycles. The lowest BCUT2D eigenvalue weighted by Crippen LogP contribution is -2.36. The molecule has 2 heterocycles. The molecule has 98 valence electrons. The van der Waals surface area contributed by atoms with Crippen LogP contribution < -0.4 is 4.72 Å². The minimum absolute atomic E-state index is 0.0918. The minimum Gasteiger partial charge on any atom is -0.294 e. The summed E-state index contributed by atoms with van der Waals surface area (Å²) in [7, 11) is 1.76. The molecule has 0 spiro atoms. The number of nitrogens with zero attached hydrogens (tertiary/aromatic N) is 3. The van der Waals surface area contributed by atoms with E-state index in [1.54, 1.807) is 7.05 Å². The maximum Gasteiger partial charge on any atom is 0.225 e. The standard InChI is InChI=1S/C11H15ClN4S2/c1-11(2)6-14-16(7-11)10(13-3)15-18-9-5-4-8(12)17-9/h4-6H,7H2,1-3H3,(H,13,15). The normalized spacial score (nSPS) is 18.4. The molecule has 2 rings (SSSR count). The Balaban J connectivity index is 1.93. The molecule has 1 aliphatic heterocycles. The van der Waals surface area contributed by atoms with Gasteiger partial charge in [0.1, 0.15) is 0 Å². The van der Waals surface area contributed by atoms with Gasteiger partial charge < -0.3 is 0 Å². The lowest BCUT2D eigenvalue weighted by molar-refractivity contribution is 0.380. The Bertz CT molecular complexity index is 481. The van der Waals surface area contributed by atoms with E-state index < -0.39 is 0 Å². The number of aliphatic imine (C=N–C) groups is 1. The molecular weight excluding hydrogens is 288 g/mol. The number of halogens is 1. The van der Waals surface area contributed by atoms with Crippen LogP contribution >= 0.6 is 34.9 Å². The van der Waals surface area contributed by atoms with Gasteiger partial charge in [0.15, 0.2) is 0 Å². The van der Waals surface area contributed by atoms with Gasteiger partial charge in [0.25, 0.3) is 0 Å². The first-order valence-electron chi connectivity index (χ1n) is 5.48. The summed E-state index contributed by atoms with van der Waals surface area (Å²) in [5, 5.41) is 6.23. The highest BCUT2D eigenvalue weighted by Crippen LogP contribution is 2.29. The molecule has 18 heavy (non-hydrogen) atoms. The molecule has 1 aromatic rings. The molecule has 0 atom stereocenters. The van der Waals surface area contributed by atoms with Crippen molar-refractivity contribution in [3.63, 3.8) is 0 Å². The zero-order chi connectivity index (χ0) is 13.2. The van der Waals surface area contributed by atoms with Gasteiger partial charge in [-0.3, -0.25) is 9.71 Å². The van der Waals surface area contributed by atoms with E-state index in [1.807, 2.05) is 23.4 Å². The SMILES string of the molecule is CN=C(NSc1ccc(Cl)s1)N1CC(C)(C)C=N1. The molecule has 0 unspecified atom stereocenters. The van der Waals surface area contributed by atoms with Crippen LogP contribution in [0.25, 0.3) is 0 Å². The Morgan fingerprint density at radius 3 is 2.89 bits per heavy atom. The van der Waals surface area contributed by atoms with Crippen LogP contribution in [0.1, 0.15) is 13.8 Å². The second-order valence-electron chi connectivity index (χ2n) is 4.60. The first-order chi connectivity index (χ1) is 8.50. The molecule has 7 heteroatoms. The van der Waals surface area contributed by atoms with Crippen LogP contribution in [0.4, 0.5) is 0 Å². The number of nitrogens with one attached hydrogen (secondary N) is 1. The summed E-state index contributed by atoms with van der Waals surface area (Å²) in [5.41, 5.74) is 0.0918. The van der Waals surface area contributed by atoms with Gasteiger partial charge in [-0.25, -0.2) is 5.01 Å². The highest BCUT2D eigenvalue weighted by Gasteiger charge is 2.27. The first-order valence-corrected chi connectivity index (χ1v) is 7.49. The van der Waals surface area contributed by atoms with E-state index >= 15 is 0 Å². The van der Waals surface area contributed by atoms with Gasteiger partial charge in [0, 0.05) is 18.7 Å². The molecule has 0 aromatic carbocycles. The summed E-state index contributed by atoms with van der Waals surface area (Å²) < 4.78 is 5.10. The van der Waals surface area contributed by atoms with Crippen LogP contribution in [0, 0.1) is 5.41 Å². The molecule has 1 aromatic heterocycles. The third-order valence-electron chi connectivity index (χ3n) is 2.35.